The second-order valence-corrected chi connectivity index (χ2v) is 14.9. The average molecular weight is 476 g/mol. The van der Waals surface area contributed by atoms with Gasteiger partial charge in [-0.05, 0) is 64.9 Å². The van der Waals surface area contributed by atoms with Gasteiger partial charge in [0, 0.05) is 34.1 Å². The minimum Gasteiger partial charge on any atom is -0.311 e. The molecule has 2 nitrogen and oxygen atoms in total. The van der Waals surface area contributed by atoms with E-state index in [2.05, 4.69) is 138 Å². The molecule has 5 aromatic rings. The standard InChI is InChI=1S/C32H25BN2Si/c1-36(2)28-20-10-18-26-31(28)33-30-24(34(26)22-12-5-3-6-13-22)16-9-17-25(30)35(23-14-7-4-8-15-23)27-19-11-21-29(36)32(27)33/h3-21H,1-2H3. The van der Waals surface area contributed by atoms with Crippen molar-refractivity contribution in [3.05, 3.63) is 115 Å². The lowest BCUT2D eigenvalue weighted by atomic mass is 9.33. The molecule has 3 aliphatic rings. The highest BCUT2D eigenvalue weighted by Crippen LogP contribution is 2.43. The summed E-state index contributed by atoms with van der Waals surface area (Å²) in [4.78, 5) is 5.00. The summed E-state index contributed by atoms with van der Waals surface area (Å²) in [6.07, 6.45) is 0. The molecule has 0 bridgehead atoms. The van der Waals surface area contributed by atoms with Gasteiger partial charge in [-0.1, -0.05) is 90.2 Å². The summed E-state index contributed by atoms with van der Waals surface area (Å²) in [5, 5.41) is 3.15. The first-order valence-electron chi connectivity index (χ1n) is 12.8. The first-order chi connectivity index (χ1) is 17.7. The Morgan fingerprint density at radius 1 is 0.444 bits per heavy atom. The van der Waals surface area contributed by atoms with E-state index in [4.69, 9.17) is 0 Å². The van der Waals surface area contributed by atoms with Gasteiger partial charge in [0.1, 0.15) is 8.07 Å². The zero-order valence-electron chi connectivity index (χ0n) is 20.4. The summed E-state index contributed by atoms with van der Waals surface area (Å²) >= 11 is 0. The Morgan fingerprint density at radius 3 is 1.28 bits per heavy atom. The van der Waals surface area contributed by atoms with Crippen LogP contribution in [0, 0.1) is 0 Å². The van der Waals surface area contributed by atoms with Gasteiger partial charge in [-0.25, -0.2) is 0 Å². The van der Waals surface area contributed by atoms with Gasteiger partial charge in [0.15, 0.2) is 0 Å². The summed E-state index contributed by atoms with van der Waals surface area (Å²) in [6, 6.07) is 42.7. The fraction of sp³-hybridized carbons (Fsp3) is 0.0625. The van der Waals surface area contributed by atoms with E-state index in [1.807, 2.05) is 0 Å². The largest absolute Gasteiger partial charge is 0.311 e. The number of nitrogens with zero attached hydrogens (tertiary/aromatic N) is 2. The lowest BCUT2D eigenvalue weighted by Crippen LogP contribution is -2.79. The molecular weight excluding hydrogens is 451 g/mol. The molecule has 0 aliphatic carbocycles. The smallest absolute Gasteiger partial charge is 0.251 e. The lowest BCUT2D eigenvalue weighted by molar-refractivity contribution is 1.25. The fourth-order valence-electron chi connectivity index (χ4n) is 6.97. The van der Waals surface area contributed by atoms with Crippen LogP contribution in [0.5, 0.6) is 0 Å². The van der Waals surface area contributed by atoms with Gasteiger partial charge >= 0.3 is 0 Å². The van der Waals surface area contributed by atoms with Crippen LogP contribution in [-0.2, 0) is 0 Å². The Labute approximate surface area is 213 Å². The van der Waals surface area contributed by atoms with Crippen molar-refractivity contribution in [2.75, 3.05) is 9.80 Å². The van der Waals surface area contributed by atoms with E-state index < -0.39 is 8.07 Å². The van der Waals surface area contributed by atoms with Crippen molar-refractivity contribution >= 4 is 75.7 Å². The quantitative estimate of drug-likeness (QED) is 0.328. The predicted molar refractivity (Wildman–Crippen MR) is 157 cm³/mol. The van der Waals surface area contributed by atoms with E-state index in [9.17, 15) is 0 Å². The topological polar surface area (TPSA) is 6.48 Å². The lowest BCUT2D eigenvalue weighted by Gasteiger charge is -2.49. The van der Waals surface area contributed by atoms with Crippen LogP contribution < -0.4 is 36.6 Å². The molecule has 0 aromatic heterocycles. The molecule has 0 amide bonds. The van der Waals surface area contributed by atoms with Gasteiger partial charge < -0.3 is 9.80 Å². The molecule has 0 N–H and O–H groups in total. The second-order valence-electron chi connectivity index (χ2n) is 10.6. The zero-order chi connectivity index (χ0) is 24.0. The third-order valence-electron chi connectivity index (χ3n) is 8.43. The SMILES string of the molecule is C[Si]1(C)c2cccc3c2B2c4c(cccc4N(c4ccccc4)c4cccc1c42)N3c1ccccc1. The molecule has 5 aromatic carbocycles. The third kappa shape index (κ3) is 2.42. The van der Waals surface area contributed by atoms with Crippen LogP contribution in [0.3, 0.4) is 0 Å². The summed E-state index contributed by atoms with van der Waals surface area (Å²) < 4.78 is 0. The highest BCUT2D eigenvalue weighted by Gasteiger charge is 2.51. The summed E-state index contributed by atoms with van der Waals surface area (Å²) in [5.74, 6) is 0. The zero-order valence-corrected chi connectivity index (χ0v) is 21.4. The van der Waals surface area contributed by atoms with E-state index in [-0.39, 0.29) is 6.71 Å². The first-order valence-corrected chi connectivity index (χ1v) is 15.8. The molecule has 8 rings (SSSR count). The van der Waals surface area contributed by atoms with Crippen LogP contribution in [0.2, 0.25) is 13.1 Å². The van der Waals surface area contributed by atoms with Gasteiger partial charge in [-0.15, -0.1) is 0 Å². The van der Waals surface area contributed by atoms with Crippen LogP contribution in [0.15, 0.2) is 115 Å². The molecule has 0 spiro atoms. The minimum atomic E-state index is -1.93. The molecular formula is C32H25BN2Si. The van der Waals surface area contributed by atoms with Crippen LogP contribution in [-0.4, -0.2) is 14.8 Å². The van der Waals surface area contributed by atoms with Crippen molar-refractivity contribution in [3.8, 4) is 0 Å². The van der Waals surface area contributed by atoms with E-state index in [1.165, 1.54) is 50.5 Å². The van der Waals surface area contributed by atoms with Crippen molar-refractivity contribution in [1.82, 2.24) is 0 Å². The highest BCUT2D eigenvalue weighted by molar-refractivity contribution is 7.16. The van der Waals surface area contributed by atoms with Crippen LogP contribution >= 0.6 is 0 Å². The molecule has 0 saturated heterocycles. The predicted octanol–water partition coefficient (Wildman–Crippen LogP) is 4.91. The Morgan fingerprint density at radius 2 is 0.833 bits per heavy atom. The molecule has 0 unspecified atom stereocenters. The van der Waals surface area contributed by atoms with Crippen molar-refractivity contribution in [1.29, 1.82) is 0 Å². The Hall–Kier alpha value is -4.02. The van der Waals surface area contributed by atoms with E-state index >= 15 is 0 Å². The van der Waals surface area contributed by atoms with E-state index in [0.717, 1.165) is 0 Å². The van der Waals surface area contributed by atoms with Crippen molar-refractivity contribution in [3.63, 3.8) is 0 Å². The summed E-state index contributed by atoms with van der Waals surface area (Å²) in [7, 11) is -1.93. The molecule has 0 saturated carbocycles. The minimum absolute atomic E-state index is 0.258. The van der Waals surface area contributed by atoms with Crippen LogP contribution in [0.4, 0.5) is 34.1 Å². The van der Waals surface area contributed by atoms with Crippen molar-refractivity contribution in [2.24, 2.45) is 0 Å². The van der Waals surface area contributed by atoms with Gasteiger partial charge in [-0.2, -0.15) is 0 Å². The second kappa shape index (κ2) is 7.02. The number of para-hydroxylation sites is 2. The van der Waals surface area contributed by atoms with Crippen molar-refractivity contribution in [2.45, 2.75) is 13.1 Å². The Bertz CT molecular complexity index is 1560. The number of rotatable bonds is 2. The normalized spacial score (nSPS) is 15.6. The maximum absolute atomic E-state index is 2.53. The monoisotopic (exact) mass is 476 g/mol. The van der Waals surface area contributed by atoms with Gasteiger partial charge in [0.05, 0.1) is 0 Å². The highest BCUT2D eigenvalue weighted by atomic mass is 28.3. The molecule has 36 heavy (non-hydrogen) atoms. The van der Waals surface area contributed by atoms with Gasteiger partial charge in [0.25, 0.3) is 6.71 Å². The average Bonchev–Trinajstić information content (AvgIpc) is 2.92. The number of anilines is 6. The summed E-state index contributed by atoms with van der Waals surface area (Å²) in [5.41, 5.74) is 12.1. The first kappa shape index (κ1) is 20.2. The Kier molecular flexibility index (Phi) is 3.94. The van der Waals surface area contributed by atoms with Crippen LogP contribution in [0.25, 0.3) is 0 Å². The number of hydrogen-bond acceptors (Lipinski definition) is 2. The van der Waals surface area contributed by atoms with Gasteiger partial charge in [0.2, 0.25) is 0 Å². The molecule has 170 valence electrons. The summed E-state index contributed by atoms with van der Waals surface area (Å²) in [6.45, 7) is 5.32. The molecule has 4 heteroatoms. The third-order valence-corrected chi connectivity index (χ3v) is 12.0. The molecule has 3 heterocycles. The van der Waals surface area contributed by atoms with Gasteiger partial charge in [-0.3, -0.25) is 0 Å². The van der Waals surface area contributed by atoms with E-state index in [1.54, 1.807) is 10.4 Å². The fourth-order valence-corrected chi connectivity index (χ4v) is 10.2. The number of hydrogen-bond donors (Lipinski definition) is 0. The van der Waals surface area contributed by atoms with Crippen LogP contribution in [0.1, 0.15) is 0 Å². The van der Waals surface area contributed by atoms with E-state index in [0.29, 0.717) is 0 Å². The maximum Gasteiger partial charge on any atom is 0.251 e. The molecule has 0 radical (unpaired) electrons. The molecule has 3 aliphatic heterocycles. The molecule has 0 atom stereocenters. The molecule has 0 fully saturated rings. The van der Waals surface area contributed by atoms with Crippen molar-refractivity contribution < 1.29 is 0 Å². The Balaban J connectivity index is 1.55. The number of benzene rings is 5. The maximum atomic E-state index is 2.53.